The zero-order valence-electron chi connectivity index (χ0n) is 18.1. The molecule has 2 fully saturated rings. The molecule has 0 radical (unpaired) electrons. The minimum atomic E-state index is -0.165. The lowest BCUT2D eigenvalue weighted by atomic mass is 9.84. The molecule has 2 aliphatic heterocycles. The first-order valence-electron chi connectivity index (χ1n) is 11.7. The summed E-state index contributed by atoms with van der Waals surface area (Å²) >= 11 is 0. The molecule has 0 amide bonds. The van der Waals surface area contributed by atoms with Gasteiger partial charge < -0.3 is 21.1 Å². The highest BCUT2D eigenvalue weighted by atomic mass is 16.3. The van der Waals surface area contributed by atoms with Crippen molar-refractivity contribution in [3.05, 3.63) is 58.6 Å². The maximum atomic E-state index is 11.1. The molecule has 0 bridgehead atoms. The third-order valence-corrected chi connectivity index (χ3v) is 7.57. The minimum absolute atomic E-state index is 0.165. The second-order valence-electron chi connectivity index (χ2n) is 9.53. The highest BCUT2D eigenvalue weighted by Gasteiger charge is 2.35. The molecule has 2 aromatic rings. The second-order valence-corrected chi connectivity index (χ2v) is 9.53. The maximum Gasteiger partial charge on any atom is 0.169 e. The molecule has 3 heterocycles. The van der Waals surface area contributed by atoms with E-state index in [4.69, 9.17) is 0 Å². The number of rotatable bonds is 3. The fourth-order valence-corrected chi connectivity index (χ4v) is 5.83. The van der Waals surface area contributed by atoms with Crippen LogP contribution in [0.4, 0.5) is 0 Å². The number of nitrogens with zero attached hydrogens (tertiary/aromatic N) is 2. The van der Waals surface area contributed by atoms with E-state index in [1.165, 1.54) is 48.9 Å². The number of aryl methyl sites for hydroxylation is 1. The van der Waals surface area contributed by atoms with Crippen LogP contribution in [0.25, 0.3) is 11.3 Å². The average molecular weight is 418 g/mol. The van der Waals surface area contributed by atoms with Crippen LogP contribution in [0.2, 0.25) is 0 Å². The van der Waals surface area contributed by atoms with E-state index in [1.807, 2.05) is 7.05 Å². The van der Waals surface area contributed by atoms with Crippen molar-refractivity contribution in [2.75, 3.05) is 13.1 Å². The lowest BCUT2D eigenvalue weighted by molar-refractivity contribution is 0.440. The zero-order valence-corrected chi connectivity index (χ0v) is 18.1. The van der Waals surface area contributed by atoms with Crippen molar-refractivity contribution in [3.8, 4) is 17.0 Å². The standard InChI is InChI=1S/C25H31N5O/c1-30-23(25-27-20-11-18-13-26-14-19(18)12-21(20)28-25)24(31)22(29-30)17-9-7-16(8-10-17)15-5-3-2-4-6-15/h7-11,15,19,25-28,31H,2-6,12-14H2,1H3. The molecule has 6 nitrogen and oxygen atoms in total. The summed E-state index contributed by atoms with van der Waals surface area (Å²) < 4.78 is 1.80. The van der Waals surface area contributed by atoms with Crippen LogP contribution in [0.5, 0.6) is 5.75 Å². The summed E-state index contributed by atoms with van der Waals surface area (Å²) in [4.78, 5) is 0. The third kappa shape index (κ3) is 3.24. The number of allylic oxidation sites excluding steroid dienone is 2. The first-order chi connectivity index (χ1) is 15.2. The van der Waals surface area contributed by atoms with Crippen LogP contribution >= 0.6 is 0 Å². The second kappa shape index (κ2) is 7.45. The first kappa shape index (κ1) is 19.0. The van der Waals surface area contributed by atoms with Crippen LogP contribution in [0, 0.1) is 5.92 Å². The van der Waals surface area contributed by atoms with Gasteiger partial charge in [-0.2, -0.15) is 5.10 Å². The Morgan fingerprint density at radius 3 is 2.65 bits per heavy atom. The summed E-state index contributed by atoms with van der Waals surface area (Å²) in [5, 5.41) is 26.4. The van der Waals surface area contributed by atoms with Crippen molar-refractivity contribution in [1.82, 2.24) is 25.7 Å². The lowest BCUT2D eigenvalue weighted by Gasteiger charge is -2.22. The van der Waals surface area contributed by atoms with Crippen LogP contribution in [-0.4, -0.2) is 28.0 Å². The number of benzene rings is 1. The summed E-state index contributed by atoms with van der Waals surface area (Å²) in [5.74, 6) is 1.53. The van der Waals surface area contributed by atoms with Crippen LogP contribution < -0.4 is 16.0 Å². The van der Waals surface area contributed by atoms with Crippen molar-refractivity contribution in [2.45, 2.75) is 50.6 Å². The van der Waals surface area contributed by atoms with Gasteiger partial charge in [0.2, 0.25) is 0 Å². The van der Waals surface area contributed by atoms with Crippen LogP contribution in [-0.2, 0) is 7.05 Å². The molecule has 2 atom stereocenters. The number of aromatic nitrogens is 2. The Morgan fingerprint density at radius 1 is 1.03 bits per heavy atom. The molecule has 1 aromatic carbocycles. The van der Waals surface area contributed by atoms with Crippen molar-refractivity contribution in [2.24, 2.45) is 13.0 Å². The Labute approximate surface area is 183 Å². The van der Waals surface area contributed by atoms with E-state index < -0.39 is 0 Å². The summed E-state index contributed by atoms with van der Waals surface area (Å²) in [6.07, 6.45) is 9.76. The largest absolute Gasteiger partial charge is 0.504 e. The molecular weight excluding hydrogens is 386 g/mol. The molecule has 162 valence electrons. The van der Waals surface area contributed by atoms with Gasteiger partial charge >= 0.3 is 0 Å². The highest BCUT2D eigenvalue weighted by Crippen LogP contribution is 2.40. The van der Waals surface area contributed by atoms with Crippen LogP contribution in [0.1, 0.15) is 61.9 Å². The molecule has 1 saturated heterocycles. The monoisotopic (exact) mass is 417 g/mol. The fourth-order valence-electron chi connectivity index (χ4n) is 5.83. The Kier molecular flexibility index (Phi) is 4.56. The van der Waals surface area contributed by atoms with Gasteiger partial charge in [0.1, 0.15) is 17.6 Å². The molecule has 1 saturated carbocycles. The van der Waals surface area contributed by atoms with Gasteiger partial charge in [0.05, 0.1) is 5.70 Å². The quantitative estimate of drug-likeness (QED) is 0.611. The number of nitrogens with one attached hydrogen (secondary N) is 3. The van der Waals surface area contributed by atoms with E-state index in [1.54, 1.807) is 4.68 Å². The van der Waals surface area contributed by atoms with E-state index in [0.717, 1.165) is 36.5 Å². The van der Waals surface area contributed by atoms with Gasteiger partial charge in [-0.25, -0.2) is 0 Å². The zero-order chi connectivity index (χ0) is 20.9. The van der Waals surface area contributed by atoms with E-state index in [-0.39, 0.29) is 11.9 Å². The van der Waals surface area contributed by atoms with E-state index in [2.05, 4.69) is 51.4 Å². The topological polar surface area (TPSA) is 74.1 Å². The Balaban J connectivity index is 1.24. The lowest BCUT2D eigenvalue weighted by Crippen LogP contribution is -2.26. The first-order valence-corrected chi connectivity index (χ1v) is 11.7. The average Bonchev–Trinajstić information content (AvgIpc) is 3.49. The number of fused-ring (bicyclic) bond motifs is 1. The van der Waals surface area contributed by atoms with Crippen molar-refractivity contribution < 1.29 is 5.11 Å². The number of hydrogen-bond acceptors (Lipinski definition) is 5. The Hall–Kier alpha value is -2.73. The van der Waals surface area contributed by atoms with Crippen LogP contribution in [0.15, 0.2) is 47.3 Å². The Morgan fingerprint density at radius 2 is 1.84 bits per heavy atom. The fraction of sp³-hybridized carbons (Fsp3) is 0.480. The van der Waals surface area contributed by atoms with Crippen LogP contribution in [0.3, 0.4) is 0 Å². The molecule has 2 unspecified atom stereocenters. The molecular formula is C25H31N5O. The van der Waals surface area contributed by atoms with Gasteiger partial charge in [-0.05, 0) is 48.3 Å². The van der Waals surface area contributed by atoms with Gasteiger partial charge in [-0.15, -0.1) is 0 Å². The smallest absolute Gasteiger partial charge is 0.169 e. The molecule has 1 aromatic heterocycles. The van der Waals surface area contributed by atoms with E-state index in [0.29, 0.717) is 17.5 Å². The van der Waals surface area contributed by atoms with E-state index in [9.17, 15) is 5.11 Å². The molecule has 2 aliphatic carbocycles. The normalized spacial score (nSPS) is 25.6. The van der Waals surface area contributed by atoms with Gasteiger partial charge in [-0.1, -0.05) is 43.5 Å². The number of hydrogen-bond donors (Lipinski definition) is 4. The highest BCUT2D eigenvalue weighted by molar-refractivity contribution is 5.68. The molecule has 31 heavy (non-hydrogen) atoms. The summed E-state index contributed by atoms with van der Waals surface area (Å²) in [6, 6.07) is 8.69. The Bertz CT molecular complexity index is 1060. The summed E-state index contributed by atoms with van der Waals surface area (Å²) in [6.45, 7) is 2.03. The van der Waals surface area contributed by atoms with Crippen molar-refractivity contribution in [1.29, 1.82) is 0 Å². The molecule has 6 heteroatoms. The van der Waals surface area contributed by atoms with Crippen molar-refractivity contribution in [3.63, 3.8) is 0 Å². The predicted molar refractivity (Wildman–Crippen MR) is 121 cm³/mol. The maximum absolute atomic E-state index is 11.1. The molecule has 4 N–H and O–H groups in total. The molecule has 4 aliphatic rings. The van der Waals surface area contributed by atoms with Gasteiger partial charge in [0, 0.05) is 31.4 Å². The molecule has 0 spiro atoms. The van der Waals surface area contributed by atoms with E-state index >= 15 is 0 Å². The SMILES string of the molecule is Cn1nc(-c2ccc(C3CCCCC3)cc2)c(O)c1C1NC2=C(CC3CNCC3=C2)N1. The third-order valence-electron chi connectivity index (χ3n) is 7.57. The van der Waals surface area contributed by atoms with Gasteiger partial charge in [0.25, 0.3) is 0 Å². The summed E-state index contributed by atoms with van der Waals surface area (Å²) in [7, 11) is 1.91. The number of aromatic hydroxyl groups is 1. The summed E-state index contributed by atoms with van der Waals surface area (Å²) in [5.41, 5.74) is 7.69. The van der Waals surface area contributed by atoms with Gasteiger partial charge in [-0.3, -0.25) is 4.68 Å². The minimum Gasteiger partial charge on any atom is -0.504 e. The predicted octanol–water partition coefficient (Wildman–Crippen LogP) is 3.79. The van der Waals surface area contributed by atoms with Crippen molar-refractivity contribution >= 4 is 0 Å². The van der Waals surface area contributed by atoms with Gasteiger partial charge in [0.15, 0.2) is 5.75 Å². The molecule has 6 rings (SSSR count).